The molecule has 1 saturated heterocycles. The van der Waals surface area contributed by atoms with Gasteiger partial charge in [0.05, 0.1) is 16.8 Å². The van der Waals surface area contributed by atoms with Gasteiger partial charge in [-0.05, 0) is 44.4 Å². The molecule has 4 heteroatoms. The van der Waals surface area contributed by atoms with E-state index >= 15 is 0 Å². The summed E-state index contributed by atoms with van der Waals surface area (Å²) in [6.07, 6.45) is 6.36. The van der Waals surface area contributed by atoms with Gasteiger partial charge in [0.1, 0.15) is 0 Å². The van der Waals surface area contributed by atoms with Crippen LogP contribution >= 0.6 is 0 Å². The Morgan fingerprint density at radius 3 is 3.26 bits per heavy atom. The van der Waals surface area contributed by atoms with Crippen molar-refractivity contribution >= 4 is 11.6 Å². The van der Waals surface area contributed by atoms with Crippen molar-refractivity contribution in [1.82, 2.24) is 10.3 Å². The van der Waals surface area contributed by atoms with Crippen LogP contribution in [0, 0.1) is 18.3 Å². The predicted octanol–water partition coefficient (Wildman–Crippen LogP) is 2.11. The molecule has 3 rings (SSSR count). The lowest BCUT2D eigenvalue weighted by Crippen LogP contribution is -2.44. The summed E-state index contributed by atoms with van der Waals surface area (Å²) < 4.78 is 0. The highest BCUT2D eigenvalue weighted by atomic mass is 16.2. The number of amides is 1. The lowest BCUT2D eigenvalue weighted by molar-refractivity contribution is -0.128. The molecule has 0 unspecified atom stereocenters. The first-order valence-electron chi connectivity index (χ1n) is 7.16. The molecule has 2 atom stereocenters. The quantitative estimate of drug-likeness (QED) is 0.855. The van der Waals surface area contributed by atoms with Gasteiger partial charge in [-0.3, -0.25) is 9.78 Å². The molecule has 0 spiro atoms. The highest BCUT2D eigenvalue weighted by molar-refractivity contribution is 5.96. The predicted molar refractivity (Wildman–Crippen MR) is 74.9 cm³/mol. The number of pyridine rings is 1. The molecule has 19 heavy (non-hydrogen) atoms. The van der Waals surface area contributed by atoms with Crippen molar-refractivity contribution in [3.63, 3.8) is 0 Å². The summed E-state index contributed by atoms with van der Waals surface area (Å²) >= 11 is 0. The summed E-state index contributed by atoms with van der Waals surface area (Å²) in [6.45, 7) is 3.74. The van der Waals surface area contributed by atoms with E-state index in [1.807, 2.05) is 19.1 Å². The molecule has 1 aromatic heterocycles. The highest BCUT2D eigenvalue weighted by Gasteiger charge is 2.49. The number of nitrogens with zero attached hydrogens (tertiary/aromatic N) is 1. The van der Waals surface area contributed by atoms with Gasteiger partial charge >= 0.3 is 0 Å². The average Bonchev–Trinajstić information content (AvgIpc) is 2.86. The number of aromatic nitrogens is 1. The van der Waals surface area contributed by atoms with Crippen LogP contribution in [0.1, 0.15) is 31.4 Å². The summed E-state index contributed by atoms with van der Waals surface area (Å²) in [5.41, 5.74) is 1.53. The van der Waals surface area contributed by atoms with E-state index in [4.69, 9.17) is 0 Å². The third-order valence-electron chi connectivity index (χ3n) is 4.75. The van der Waals surface area contributed by atoms with Gasteiger partial charge in [-0.15, -0.1) is 0 Å². The maximum absolute atomic E-state index is 12.7. The van der Waals surface area contributed by atoms with Crippen LogP contribution in [0.3, 0.4) is 0 Å². The number of fused-ring (bicyclic) bond motifs is 1. The van der Waals surface area contributed by atoms with Crippen molar-refractivity contribution in [2.24, 2.45) is 11.3 Å². The maximum atomic E-state index is 12.7. The SMILES string of the molecule is Cc1ncccc1NC(=O)[C@@]12CCCC[C@H]1CNC2. The first kappa shape index (κ1) is 12.6. The lowest BCUT2D eigenvalue weighted by atomic mass is 9.67. The van der Waals surface area contributed by atoms with Crippen molar-refractivity contribution < 1.29 is 4.79 Å². The molecule has 1 saturated carbocycles. The number of rotatable bonds is 2. The Labute approximate surface area is 114 Å². The molecule has 102 valence electrons. The zero-order valence-electron chi connectivity index (χ0n) is 11.4. The van der Waals surface area contributed by atoms with E-state index in [9.17, 15) is 4.79 Å². The van der Waals surface area contributed by atoms with Gasteiger partial charge in [-0.2, -0.15) is 0 Å². The van der Waals surface area contributed by atoms with Crippen LogP contribution in [0.15, 0.2) is 18.3 Å². The Morgan fingerprint density at radius 1 is 1.53 bits per heavy atom. The van der Waals surface area contributed by atoms with Gasteiger partial charge in [0.2, 0.25) is 5.91 Å². The minimum Gasteiger partial charge on any atom is -0.324 e. The molecular formula is C15H21N3O. The van der Waals surface area contributed by atoms with Crippen molar-refractivity contribution in [2.45, 2.75) is 32.6 Å². The van der Waals surface area contributed by atoms with E-state index in [0.717, 1.165) is 37.3 Å². The molecule has 2 N–H and O–H groups in total. The topological polar surface area (TPSA) is 54.0 Å². The van der Waals surface area contributed by atoms with E-state index in [1.54, 1.807) is 6.20 Å². The number of carbonyl (C=O) groups is 1. The smallest absolute Gasteiger partial charge is 0.232 e. The van der Waals surface area contributed by atoms with Gasteiger partial charge in [0.25, 0.3) is 0 Å². The molecule has 1 aliphatic carbocycles. The van der Waals surface area contributed by atoms with Crippen molar-refractivity contribution in [2.75, 3.05) is 18.4 Å². The Hall–Kier alpha value is -1.42. The summed E-state index contributed by atoms with van der Waals surface area (Å²) in [5.74, 6) is 0.677. The monoisotopic (exact) mass is 259 g/mol. The fourth-order valence-electron chi connectivity index (χ4n) is 3.55. The second kappa shape index (κ2) is 4.93. The number of nitrogens with one attached hydrogen (secondary N) is 2. The van der Waals surface area contributed by atoms with Gasteiger partial charge in [-0.25, -0.2) is 0 Å². The fraction of sp³-hybridized carbons (Fsp3) is 0.600. The Morgan fingerprint density at radius 2 is 2.42 bits per heavy atom. The first-order valence-corrected chi connectivity index (χ1v) is 7.16. The van der Waals surface area contributed by atoms with Crippen LogP contribution in [0.4, 0.5) is 5.69 Å². The lowest BCUT2D eigenvalue weighted by Gasteiger charge is -2.37. The van der Waals surface area contributed by atoms with Crippen LogP contribution in [0.2, 0.25) is 0 Å². The molecule has 0 aromatic carbocycles. The van der Waals surface area contributed by atoms with Crippen LogP contribution in [0.5, 0.6) is 0 Å². The van der Waals surface area contributed by atoms with E-state index < -0.39 is 0 Å². The van der Waals surface area contributed by atoms with E-state index in [1.165, 1.54) is 12.8 Å². The summed E-state index contributed by atoms with van der Waals surface area (Å²) in [6, 6.07) is 3.79. The zero-order chi connectivity index (χ0) is 13.3. The second-order valence-electron chi connectivity index (χ2n) is 5.82. The number of aryl methyl sites for hydroxylation is 1. The van der Waals surface area contributed by atoms with Crippen molar-refractivity contribution in [3.8, 4) is 0 Å². The first-order chi connectivity index (χ1) is 9.22. The third kappa shape index (κ3) is 2.14. The minimum atomic E-state index is -0.194. The van der Waals surface area contributed by atoms with E-state index in [0.29, 0.717) is 5.92 Å². The Balaban J connectivity index is 1.81. The molecule has 1 aliphatic heterocycles. The molecule has 1 aromatic rings. The number of carbonyl (C=O) groups excluding carboxylic acids is 1. The van der Waals surface area contributed by atoms with Gasteiger partial charge in [0.15, 0.2) is 0 Å². The van der Waals surface area contributed by atoms with Crippen LogP contribution in [-0.4, -0.2) is 24.0 Å². The third-order valence-corrected chi connectivity index (χ3v) is 4.75. The maximum Gasteiger partial charge on any atom is 0.232 e. The van der Waals surface area contributed by atoms with Crippen LogP contribution in [0.25, 0.3) is 0 Å². The summed E-state index contributed by atoms with van der Waals surface area (Å²) in [5, 5.41) is 6.51. The second-order valence-corrected chi connectivity index (χ2v) is 5.82. The minimum absolute atomic E-state index is 0.179. The van der Waals surface area contributed by atoms with Gasteiger partial charge < -0.3 is 10.6 Å². The number of anilines is 1. The zero-order valence-corrected chi connectivity index (χ0v) is 11.4. The molecule has 2 fully saturated rings. The molecule has 2 heterocycles. The molecule has 0 bridgehead atoms. The average molecular weight is 259 g/mol. The number of hydrogen-bond acceptors (Lipinski definition) is 3. The molecule has 4 nitrogen and oxygen atoms in total. The van der Waals surface area contributed by atoms with Gasteiger partial charge in [-0.1, -0.05) is 12.8 Å². The Bertz CT molecular complexity index is 488. The van der Waals surface area contributed by atoms with Crippen molar-refractivity contribution in [3.05, 3.63) is 24.0 Å². The molecule has 2 aliphatic rings. The highest BCUT2D eigenvalue weighted by Crippen LogP contribution is 2.44. The largest absolute Gasteiger partial charge is 0.324 e. The van der Waals surface area contributed by atoms with Gasteiger partial charge in [0, 0.05) is 12.7 Å². The normalized spacial score (nSPS) is 29.8. The van der Waals surface area contributed by atoms with Crippen molar-refractivity contribution in [1.29, 1.82) is 0 Å². The summed E-state index contributed by atoms with van der Waals surface area (Å²) in [4.78, 5) is 17.0. The molecule has 1 amide bonds. The standard InChI is InChI=1S/C15H21N3O/c1-11-13(6-4-8-17-11)18-14(19)15-7-3-2-5-12(15)9-16-10-15/h4,6,8,12,16H,2-3,5,7,9-10H2,1H3,(H,18,19)/t12-,15+/m0/s1. The molecule has 0 radical (unpaired) electrons. The van der Waals surface area contributed by atoms with E-state index in [-0.39, 0.29) is 11.3 Å². The van der Waals surface area contributed by atoms with Crippen LogP contribution < -0.4 is 10.6 Å². The summed E-state index contributed by atoms with van der Waals surface area (Å²) in [7, 11) is 0. The van der Waals surface area contributed by atoms with Crippen LogP contribution in [-0.2, 0) is 4.79 Å². The van der Waals surface area contributed by atoms with E-state index in [2.05, 4.69) is 15.6 Å². The Kier molecular flexibility index (Phi) is 3.27. The molecular weight excluding hydrogens is 238 g/mol. The fourth-order valence-corrected chi connectivity index (χ4v) is 3.55. The number of hydrogen-bond donors (Lipinski definition) is 2.